The van der Waals surface area contributed by atoms with Gasteiger partial charge in [-0.1, -0.05) is 40.7 Å². The van der Waals surface area contributed by atoms with E-state index in [2.05, 4.69) is 57.1 Å². The van der Waals surface area contributed by atoms with Crippen LogP contribution in [0.5, 0.6) is 0 Å². The lowest BCUT2D eigenvalue weighted by molar-refractivity contribution is -0.249. The first kappa shape index (κ1) is 32.2. The van der Waals surface area contributed by atoms with E-state index in [9.17, 15) is 4.79 Å². The summed E-state index contributed by atoms with van der Waals surface area (Å²) < 4.78 is 5.97. The first-order chi connectivity index (χ1) is 21.3. The number of allylic oxidation sites excluding steroid dienone is 1. The van der Waals surface area contributed by atoms with Crippen LogP contribution in [0.25, 0.3) is 0 Å². The fraction of sp³-hybridized carbons (Fsp3) is 0.900. The second kappa shape index (κ2) is 11.1. The highest BCUT2D eigenvalue weighted by atomic mass is 16.5. The van der Waals surface area contributed by atoms with Crippen LogP contribution in [0.2, 0.25) is 0 Å². The van der Waals surface area contributed by atoms with Gasteiger partial charge in [-0.05, 0) is 149 Å². The minimum atomic E-state index is -0.189. The zero-order valence-electron chi connectivity index (χ0n) is 29.7. The molecule has 2 aliphatic heterocycles. The van der Waals surface area contributed by atoms with Crippen molar-refractivity contribution in [1.29, 1.82) is 0 Å². The minimum absolute atomic E-state index is 0.00732. The molecule has 7 rings (SSSR count). The van der Waals surface area contributed by atoms with Crippen LogP contribution in [-0.2, 0) is 14.3 Å². The molecule has 0 aromatic carbocycles. The fourth-order valence-corrected chi connectivity index (χ4v) is 14.5. The predicted molar refractivity (Wildman–Crippen MR) is 180 cm³/mol. The van der Waals surface area contributed by atoms with E-state index in [0.29, 0.717) is 41.5 Å². The van der Waals surface area contributed by atoms with Gasteiger partial charge in [0.1, 0.15) is 6.10 Å². The van der Waals surface area contributed by atoms with E-state index in [-0.39, 0.29) is 39.1 Å². The zero-order valence-corrected chi connectivity index (χ0v) is 29.7. The number of carbonyl (C=O) groups excluding carboxylic acids is 2. The molecule has 45 heavy (non-hydrogen) atoms. The van der Waals surface area contributed by atoms with E-state index < -0.39 is 0 Å². The van der Waals surface area contributed by atoms with Crippen LogP contribution in [0.4, 0.5) is 0 Å². The Hall–Kier alpha value is -1.36. The molecular formula is C40H64N2O3. The maximum absolute atomic E-state index is 15.0. The highest BCUT2D eigenvalue weighted by Crippen LogP contribution is 2.77. The first-order valence-corrected chi connectivity index (χ1v) is 19.1. The average Bonchev–Trinajstić information content (AvgIpc) is 3.75. The Morgan fingerprint density at radius 3 is 2.27 bits per heavy atom. The van der Waals surface area contributed by atoms with Crippen molar-refractivity contribution < 1.29 is 14.3 Å². The molecule has 7 fully saturated rings. The van der Waals surface area contributed by atoms with Crippen molar-refractivity contribution in [2.24, 2.45) is 56.7 Å². The maximum atomic E-state index is 15.0. The van der Waals surface area contributed by atoms with Crippen LogP contribution in [0, 0.1) is 56.7 Å². The number of carbonyl (C=O) groups is 2. The molecule has 0 unspecified atom stereocenters. The van der Waals surface area contributed by atoms with E-state index >= 15 is 4.79 Å². The third kappa shape index (κ3) is 4.53. The van der Waals surface area contributed by atoms with Gasteiger partial charge >= 0.3 is 5.97 Å². The standard InChI is InChI=1S/C40H64N2O3/c1-8-28-15-20-40(35(44)42-25-11-12-29(42)26-41-23-9-10-24-41)22-21-38(6)30(34(28)40)13-14-32-37(5)18-17-33(45-27(2)43)36(3,4)31(37)16-19-39(32,38)7/h8,28-34H,1,9-26H2,2-7H3/t28-,29+,30-,31+,32-,33+,34-,37+,38-,39-,40+/m1/s1. The maximum Gasteiger partial charge on any atom is 0.302 e. The Balaban J connectivity index is 1.18. The van der Waals surface area contributed by atoms with Crippen molar-refractivity contribution in [2.75, 3.05) is 26.2 Å². The molecule has 2 heterocycles. The molecule has 11 atom stereocenters. The largest absolute Gasteiger partial charge is 0.462 e. The Morgan fingerprint density at radius 2 is 1.56 bits per heavy atom. The molecule has 0 aromatic rings. The van der Waals surface area contributed by atoms with Crippen molar-refractivity contribution in [3.8, 4) is 0 Å². The Bertz CT molecular complexity index is 1190. The molecule has 5 nitrogen and oxygen atoms in total. The number of hydrogen-bond acceptors (Lipinski definition) is 4. The number of ether oxygens (including phenoxy) is 1. The number of likely N-dealkylation sites (tertiary alicyclic amines) is 2. The number of amides is 1. The lowest BCUT2D eigenvalue weighted by atomic mass is 9.32. The molecule has 0 aromatic heterocycles. The van der Waals surface area contributed by atoms with Crippen molar-refractivity contribution in [3.05, 3.63) is 12.7 Å². The average molecular weight is 621 g/mol. The summed E-state index contributed by atoms with van der Waals surface area (Å²) in [7, 11) is 0. The molecule has 5 saturated carbocycles. The van der Waals surface area contributed by atoms with Crippen molar-refractivity contribution in [2.45, 2.75) is 144 Å². The molecule has 5 aliphatic carbocycles. The van der Waals surface area contributed by atoms with Crippen LogP contribution >= 0.6 is 0 Å². The molecular weight excluding hydrogens is 556 g/mol. The molecule has 0 radical (unpaired) electrons. The van der Waals surface area contributed by atoms with Crippen LogP contribution in [-0.4, -0.2) is 60.0 Å². The number of rotatable bonds is 5. The van der Waals surface area contributed by atoms with Crippen molar-refractivity contribution in [3.63, 3.8) is 0 Å². The first-order valence-electron chi connectivity index (χ1n) is 19.1. The van der Waals surface area contributed by atoms with Gasteiger partial charge in [-0.15, -0.1) is 6.58 Å². The molecule has 252 valence electrons. The molecule has 0 spiro atoms. The van der Waals surface area contributed by atoms with Crippen molar-refractivity contribution in [1.82, 2.24) is 9.80 Å². The number of nitrogens with zero attached hydrogens (tertiary/aromatic N) is 2. The van der Waals surface area contributed by atoms with Gasteiger partial charge in [0.25, 0.3) is 0 Å². The van der Waals surface area contributed by atoms with E-state index in [0.717, 1.165) is 45.2 Å². The van der Waals surface area contributed by atoms with Crippen molar-refractivity contribution >= 4 is 11.9 Å². The molecule has 0 bridgehead atoms. The monoisotopic (exact) mass is 620 g/mol. The summed E-state index contributed by atoms with van der Waals surface area (Å²) in [5, 5.41) is 0. The summed E-state index contributed by atoms with van der Waals surface area (Å²) in [6, 6.07) is 0.413. The second-order valence-corrected chi connectivity index (χ2v) is 18.5. The highest BCUT2D eigenvalue weighted by molar-refractivity contribution is 5.84. The summed E-state index contributed by atoms with van der Waals surface area (Å²) >= 11 is 0. The van der Waals surface area contributed by atoms with Gasteiger partial charge in [-0.3, -0.25) is 9.59 Å². The van der Waals surface area contributed by atoms with Gasteiger partial charge < -0.3 is 14.5 Å². The Labute approximate surface area is 274 Å². The lowest BCUT2D eigenvalue weighted by Crippen LogP contribution is -2.67. The number of esters is 1. The molecule has 5 heteroatoms. The molecule has 7 aliphatic rings. The van der Waals surface area contributed by atoms with Crippen LogP contribution in [0.15, 0.2) is 12.7 Å². The van der Waals surface area contributed by atoms with Gasteiger partial charge in [0.05, 0.1) is 5.41 Å². The quantitative estimate of drug-likeness (QED) is 0.229. The summed E-state index contributed by atoms with van der Waals surface area (Å²) in [5.41, 5.74) is 0.566. The smallest absolute Gasteiger partial charge is 0.302 e. The third-order valence-electron chi connectivity index (χ3n) is 16.8. The van der Waals surface area contributed by atoms with E-state index in [1.54, 1.807) is 6.92 Å². The number of hydrogen-bond donors (Lipinski definition) is 0. The molecule has 2 saturated heterocycles. The predicted octanol–water partition coefficient (Wildman–Crippen LogP) is 8.27. The van der Waals surface area contributed by atoms with Gasteiger partial charge in [-0.25, -0.2) is 0 Å². The van der Waals surface area contributed by atoms with Gasteiger partial charge in [-0.2, -0.15) is 0 Å². The summed E-state index contributed by atoms with van der Waals surface area (Å²) in [4.78, 5) is 32.1. The lowest BCUT2D eigenvalue weighted by Gasteiger charge is -2.73. The van der Waals surface area contributed by atoms with Crippen LogP contribution in [0.3, 0.4) is 0 Å². The zero-order chi connectivity index (χ0) is 32.0. The van der Waals surface area contributed by atoms with Gasteiger partial charge in [0, 0.05) is 31.5 Å². The summed E-state index contributed by atoms with van der Waals surface area (Å²) in [5.74, 6) is 3.15. The van der Waals surface area contributed by atoms with E-state index in [4.69, 9.17) is 4.74 Å². The third-order valence-corrected chi connectivity index (χ3v) is 16.8. The molecule has 0 N–H and O–H groups in total. The summed E-state index contributed by atoms with van der Waals surface area (Å²) in [6.07, 6.45) is 18.9. The van der Waals surface area contributed by atoms with Crippen LogP contribution < -0.4 is 0 Å². The highest BCUT2D eigenvalue weighted by Gasteiger charge is 2.72. The van der Waals surface area contributed by atoms with E-state index in [1.807, 2.05) is 0 Å². The second-order valence-electron chi connectivity index (χ2n) is 18.5. The topological polar surface area (TPSA) is 49.9 Å². The SMILES string of the molecule is C=C[C@@H]1CC[C@]2(C(=O)N3CCC[C@H]3CN3CCCC3)CC[C@]3(C)[C@H](CC[C@@H]4[C@@]5(C)CC[C@H](OC(C)=O)C(C)(C)[C@@H]5CC[C@]43C)[C@@H]12. The Kier molecular flexibility index (Phi) is 7.94. The summed E-state index contributed by atoms with van der Waals surface area (Å²) in [6.45, 7) is 23.3. The minimum Gasteiger partial charge on any atom is -0.462 e. The van der Waals surface area contributed by atoms with Gasteiger partial charge in [0.2, 0.25) is 5.91 Å². The Morgan fingerprint density at radius 1 is 0.800 bits per heavy atom. The van der Waals surface area contributed by atoms with Gasteiger partial charge in [0.15, 0.2) is 0 Å². The van der Waals surface area contributed by atoms with E-state index in [1.165, 1.54) is 70.9 Å². The van der Waals surface area contributed by atoms with Crippen LogP contribution in [0.1, 0.15) is 131 Å². The number of fused-ring (bicyclic) bond motifs is 7. The molecule has 1 amide bonds. The fourth-order valence-electron chi connectivity index (χ4n) is 14.5. The normalized spacial score (nSPS) is 49.0.